The summed E-state index contributed by atoms with van der Waals surface area (Å²) in [6, 6.07) is 8.08. The van der Waals surface area contributed by atoms with E-state index < -0.39 is 83.3 Å². The van der Waals surface area contributed by atoms with Gasteiger partial charge in [-0.05, 0) is 64.9 Å². The molecule has 2 heterocycles. The van der Waals surface area contributed by atoms with Crippen LogP contribution in [0.5, 0.6) is 5.75 Å². The summed E-state index contributed by atoms with van der Waals surface area (Å²) in [6.45, 7) is -2.89. The van der Waals surface area contributed by atoms with E-state index in [9.17, 15) is 32.6 Å². The lowest BCUT2D eigenvalue weighted by Gasteiger charge is -2.74. The van der Waals surface area contributed by atoms with Crippen LogP contribution in [0.4, 0.5) is 26.3 Å². The van der Waals surface area contributed by atoms with Crippen molar-refractivity contribution in [2.75, 3.05) is 19.7 Å². The number of aliphatic hydroxyl groups is 3. The molecule has 0 radical (unpaired) electrons. The number of amides is 1. The first-order chi connectivity index (χ1) is 21.2. The second kappa shape index (κ2) is 10.7. The van der Waals surface area contributed by atoms with Crippen LogP contribution in [0.15, 0.2) is 48.8 Å². The Bertz CT molecular complexity index is 1560. The molecule has 4 aliphatic rings. The van der Waals surface area contributed by atoms with E-state index in [1.165, 1.54) is 12.1 Å². The molecule has 242 valence electrons. The molecule has 3 saturated carbocycles. The number of tetrazole rings is 1. The number of aliphatic hydroxyl groups excluding tert-OH is 2. The van der Waals surface area contributed by atoms with Crippen LogP contribution < -0.4 is 4.74 Å². The molecule has 1 aliphatic heterocycles. The van der Waals surface area contributed by atoms with Crippen LogP contribution >= 0.6 is 0 Å². The highest BCUT2D eigenvalue weighted by molar-refractivity contribution is 5.81. The molecule has 3 aromatic rings. The molecule has 16 heteroatoms. The minimum absolute atomic E-state index is 0.0574. The predicted octanol–water partition coefficient (Wildman–Crippen LogP) is 2.56. The maximum atomic E-state index is 16.4. The minimum atomic E-state index is -3.90. The number of aromatic nitrogens is 4. The maximum absolute atomic E-state index is 16.4. The van der Waals surface area contributed by atoms with Crippen LogP contribution in [0, 0.1) is 17.0 Å². The first kappa shape index (κ1) is 31.2. The Balaban J connectivity index is 1.15. The smallest absolute Gasteiger partial charge is 0.301 e. The molecule has 3 atom stereocenters. The fraction of sp³-hybridized carbons (Fsp3) is 0.517. The summed E-state index contributed by atoms with van der Waals surface area (Å²) in [4.78, 5) is 12.8. The van der Waals surface area contributed by atoms with Crippen molar-refractivity contribution in [3.8, 4) is 5.75 Å². The molecule has 2 bridgehead atoms. The lowest BCUT2D eigenvalue weighted by atomic mass is 9.30. The van der Waals surface area contributed by atoms with Gasteiger partial charge in [0.1, 0.15) is 23.7 Å². The predicted molar refractivity (Wildman–Crippen MR) is 141 cm³/mol. The number of nitrogens with zero attached hydrogens (tertiary/aromatic N) is 5. The van der Waals surface area contributed by atoms with Crippen molar-refractivity contribution < 1.29 is 51.2 Å². The molecule has 45 heavy (non-hydrogen) atoms. The van der Waals surface area contributed by atoms with Gasteiger partial charge in [0, 0.05) is 30.0 Å². The number of benzene rings is 2. The van der Waals surface area contributed by atoms with Gasteiger partial charge in [-0.3, -0.25) is 4.79 Å². The van der Waals surface area contributed by atoms with Gasteiger partial charge < -0.3 is 25.0 Å². The van der Waals surface area contributed by atoms with Gasteiger partial charge in [-0.15, -0.1) is 5.10 Å². The van der Waals surface area contributed by atoms with Gasteiger partial charge in [0.2, 0.25) is 0 Å². The molecule has 0 spiro atoms. The van der Waals surface area contributed by atoms with Crippen LogP contribution in [-0.2, 0) is 22.4 Å². The SMILES string of the molecule is O=C(C(O)CO)N1CCC(Oc2ccc(C34CC(C(F)(F)C(O)(Cn5cnnn5)c5ccc(F)cc5F)(C3)C4)cc2)C(F)(F)C1. The van der Waals surface area contributed by atoms with Crippen LogP contribution in [0.1, 0.15) is 36.8 Å². The van der Waals surface area contributed by atoms with E-state index >= 15 is 8.78 Å². The summed E-state index contributed by atoms with van der Waals surface area (Å²) in [7, 11) is 0. The topological polar surface area (TPSA) is 134 Å². The van der Waals surface area contributed by atoms with Gasteiger partial charge >= 0.3 is 5.92 Å². The molecule has 1 aromatic heterocycles. The largest absolute Gasteiger partial charge is 0.484 e. The lowest BCUT2D eigenvalue weighted by Crippen LogP contribution is -2.76. The zero-order valence-electron chi connectivity index (χ0n) is 23.6. The first-order valence-corrected chi connectivity index (χ1v) is 14.1. The third-order valence-corrected chi connectivity index (χ3v) is 9.42. The van der Waals surface area contributed by atoms with Gasteiger partial charge in [-0.1, -0.05) is 12.1 Å². The second-order valence-electron chi connectivity index (χ2n) is 12.3. The van der Waals surface area contributed by atoms with E-state index in [-0.39, 0.29) is 38.0 Å². The van der Waals surface area contributed by atoms with Gasteiger partial charge in [-0.2, -0.15) is 0 Å². The van der Waals surface area contributed by atoms with Crippen molar-refractivity contribution in [3.05, 3.63) is 71.6 Å². The Kier molecular flexibility index (Phi) is 7.40. The van der Waals surface area contributed by atoms with E-state index in [0.29, 0.717) is 11.6 Å². The first-order valence-electron chi connectivity index (χ1n) is 14.1. The molecule has 1 saturated heterocycles. The lowest BCUT2D eigenvalue weighted by molar-refractivity contribution is -0.347. The maximum Gasteiger partial charge on any atom is 0.301 e. The Morgan fingerprint density at radius 3 is 2.38 bits per heavy atom. The second-order valence-corrected chi connectivity index (χ2v) is 12.3. The molecule has 1 amide bonds. The van der Waals surface area contributed by atoms with Gasteiger partial charge in [0.05, 0.1) is 19.7 Å². The van der Waals surface area contributed by atoms with Crippen molar-refractivity contribution in [1.29, 1.82) is 0 Å². The van der Waals surface area contributed by atoms with E-state index in [1.54, 1.807) is 12.1 Å². The highest BCUT2D eigenvalue weighted by atomic mass is 19.3. The average Bonchev–Trinajstić information content (AvgIpc) is 3.45. The number of hydrogen-bond donors (Lipinski definition) is 3. The number of halogens is 6. The molecule has 10 nitrogen and oxygen atoms in total. The zero-order chi connectivity index (χ0) is 32.4. The summed E-state index contributed by atoms with van der Waals surface area (Å²) in [5.41, 5.74) is -5.63. The number of likely N-dealkylation sites (tertiary alicyclic amines) is 1. The normalized spacial score (nSPS) is 27.6. The van der Waals surface area contributed by atoms with Crippen LogP contribution in [0.3, 0.4) is 0 Å². The summed E-state index contributed by atoms with van der Waals surface area (Å²) in [6.07, 6.45) is -2.77. The molecular weight excluding hydrogens is 612 g/mol. The van der Waals surface area contributed by atoms with Crippen molar-refractivity contribution in [1.82, 2.24) is 25.1 Å². The van der Waals surface area contributed by atoms with E-state index in [0.717, 1.165) is 28.0 Å². The summed E-state index contributed by atoms with van der Waals surface area (Å²) in [5, 5.41) is 40.2. The number of carbonyl (C=O) groups excluding carboxylic acids is 1. The van der Waals surface area contributed by atoms with Gasteiger partial charge in [-0.25, -0.2) is 31.0 Å². The van der Waals surface area contributed by atoms with E-state index in [2.05, 4.69) is 15.5 Å². The quantitative estimate of drug-likeness (QED) is 0.288. The third-order valence-electron chi connectivity index (χ3n) is 9.42. The molecule has 4 fully saturated rings. The van der Waals surface area contributed by atoms with Crippen molar-refractivity contribution >= 4 is 5.91 Å². The number of alkyl halides is 4. The third kappa shape index (κ3) is 4.93. The van der Waals surface area contributed by atoms with E-state index in [1.807, 2.05) is 0 Å². The zero-order valence-corrected chi connectivity index (χ0v) is 23.6. The van der Waals surface area contributed by atoms with Gasteiger partial charge in [0.25, 0.3) is 11.8 Å². The Morgan fingerprint density at radius 1 is 1.11 bits per heavy atom. The fourth-order valence-corrected chi connectivity index (χ4v) is 7.12. The van der Waals surface area contributed by atoms with Crippen LogP contribution in [-0.4, -0.2) is 90.1 Å². The highest BCUT2D eigenvalue weighted by Crippen LogP contribution is 2.80. The number of carbonyl (C=O) groups is 1. The minimum Gasteiger partial charge on any atom is -0.484 e. The molecule has 3 N–H and O–H groups in total. The van der Waals surface area contributed by atoms with E-state index in [4.69, 9.17) is 9.84 Å². The molecule has 3 aliphatic carbocycles. The summed E-state index contributed by atoms with van der Waals surface area (Å²) < 4.78 is 97.2. The highest BCUT2D eigenvalue weighted by Gasteiger charge is 2.82. The Labute approximate surface area is 252 Å². The molecule has 3 unspecified atom stereocenters. The van der Waals surface area contributed by atoms with Crippen molar-refractivity contribution in [2.24, 2.45) is 5.41 Å². The molecule has 7 rings (SSSR count). The number of rotatable bonds is 10. The fourth-order valence-electron chi connectivity index (χ4n) is 7.12. The number of hydrogen-bond acceptors (Lipinski definition) is 8. The Morgan fingerprint density at radius 2 is 1.80 bits per heavy atom. The summed E-state index contributed by atoms with van der Waals surface area (Å²) >= 11 is 0. The van der Waals surface area contributed by atoms with Crippen molar-refractivity contribution in [3.63, 3.8) is 0 Å². The van der Waals surface area contributed by atoms with Crippen molar-refractivity contribution in [2.45, 2.75) is 67.3 Å². The number of piperidine rings is 1. The molecular formula is C29H29F6N5O5. The monoisotopic (exact) mass is 641 g/mol. The van der Waals surface area contributed by atoms with Gasteiger partial charge in [0.15, 0.2) is 17.8 Å². The number of ether oxygens (including phenoxy) is 1. The van der Waals surface area contributed by atoms with Crippen LogP contribution in [0.25, 0.3) is 0 Å². The average molecular weight is 642 g/mol. The summed E-state index contributed by atoms with van der Waals surface area (Å²) in [5.74, 6) is -10.6. The van der Waals surface area contributed by atoms with Crippen LogP contribution in [0.2, 0.25) is 0 Å². The Hall–Kier alpha value is -3.76. The molecule has 2 aromatic carbocycles. The standard InChI is InChI=1S/C29H29F6N5O5/c30-18-3-6-20(21(31)9-18)27(44,14-40-16-36-37-38-40)29(34,35)26-11-25(12-26,13-26)17-1-4-19(5-2-17)45-23-7-8-39(15-28(23,32)33)24(43)22(42)10-41/h1-6,9,16,22-23,41-42,44H,7-8,10-15H2.